The predicted octanol–water partition coefficient (Wildman–Crippen LogP) is 29.5. The van der Waals surface area contributed by atoms with Gasteiger partial charge in [0.15, 0.2) is 0 Å². The van der Waals surface area contributed by atoms with Gasteiger partial charge in [-0.25, -0.2) is 9.59 Å². The second-order valence-corrected chi connectivity index (χ2v) is 41.3. The minimum Gasteiger partial charge on any atom is -0.298 e. The number of rotatable bonds is 21. The number of carbonyl (C=O) groups is 3. The van der Waals surface area contributed by atoms with Crippen LogP contribution in [0.15, 0.2) is 301 Å². The monoisotopic (exact) mass is 1910 g/mol. The summed E-state index contributed by atoms with van der Waals surface area (Å²) in [6.07, 6.45) is 23.5. The molecule has 0 saturated heterocycles. The first-order valence-electron chi connectivity index (χ1n) is 40.0. The summed E-state index contributed by atoms with van der Waals surface area (Å²) in [7, 11) is 0. The van der Waals surface area contributed by atoms with E-state index >= 15 is 0 Å². The molecule has 4 N–H and O–H groups in total. The molecule has 0 atom stereocenters. The molecule has 0 unspecified atom stereocenters. The van der Waals surface area contributed by atoms with Gasteiger partial charge in [0, 0.05) is 47.4 Å². The zero-order chi connectivity index (χ0) is 88.4. The normalized spacial score (nSPS) is 11.1. The number of nitrogens with two attached hydrogens (primary N) is 1. The van der Waals surface area contributed by atoms with Crippen LogP contribution in [0.4, 0.5) is 9.59 Å². The Morgan fingerprint density at radius 1 is 0.418 bits per heavy atom. The third-order valence-corrected chi connectivity index (χ3v) is 28.4. The second-order valence-electron chi connectivity index (χ2n) is 29.7. The maximum absolute atomic E-state index is 11.6. The van der Waals surface area contributed by atoms with Gasteiger partial charge in [-0.15, -0.1) is 42.2 Å². The van der Waals surface area contributed by atoms with Gasteiger partial charge in [-0.3, -0.25) is 4.79 Å². The van der Waals surface area contributed by atoms with Gasteiger partial charge in [0.25, 0.3) is 0 Å². The Kier molecular flexibility index (Phi) is 52.4. The van der Waals surface area contributed by atoms with Crippen molar-refractivity contribution < 1.29 is 28.6 Å². The van der Waals surface area contributed by atoms with E-state index in [0.717, 1.165) is 45.7 Å². The summed E-state index contributed by atoms with van der Waals surface area (Å²) in [5.74, 6) is 0. The van der Waals surface area contributed by atoms with Gasteiger partial charge >= 0.3 is 188 Å². The van der Waals surface area contributed by atoms with Crippen molar-refractivity contribution in [3.63, 3.8) is 0 Å². The molecule has 11 aromatic rings. The van der Waals surface area contributed by atoms with Gasteiger partial charge in [-0.05, 0) is 211 Å². The molecule has 0 aliphatic heterocycles. The fourth-order valence-electron chi connectivity index (χ4n) is 12.1. The molecule has 11 rings (SSSR count). The Hall–Kier alpha value is -9.27. The van der Waals surface area contributed by atoms with Gasteiger partial charge in [-0.2, -0.15) is 0 Å². The number of aldehydes is 1. The van der Waals surface area contributed by atoms with Crippen molar-refractivity contribution in [1.29, 1.82) is 0 Å². The smallest absolute Gasteiger partial charge is 0.150 e. The molecule has 122 heavy (non-hydrogen) atoms. The molecule has 0 fully saturated rings. The van der Waals surface area contributed by atoms with Crippen molar-refractivity contribution in [1.82, 2.24) is 10.6 Å². The predicted molar refractivity (Wildman–Crippen MR) is 549 cm³/mol. The maximum Gasteiger partial charge on any atom is 0.150 e. The van der Waals surface area contributed by atoms with Crippen molar-refractivity contribution in [2.24, 2.45) is 5.73 Å². The molecule has 2 amide bonds. The van der Waals surface area contributed by atoms with Crippen LogP contribution < -0.4 is 32.3 Å². The number of hydrogen-bond donors (Lipinski definition) is 3. The fourth-order valence-corrected chi connectivity index (χ4v) is 20.7. The molecule has 0 radical (unpaired) electrons. The first-order chi connectivity index (χ1) is 57.3. The second kappa shape index (κ2) is 58.7. The molecule has 0 heterocycles. The molecule has 11 aromatic carbocycles. The number of halogens is 6. The number of carbonyl (C=O) groups excluding carboxylic acids is 3. The number of hydrogen-bond acceptors (Lipinski definition) is 7. The molecular formula is C106H126Br3Cl3N3O6P. The standard InChI is InChI=1S/C26H24BrP.C24H29NO2.C19H21N.C16H15Br.C8H15NO2.C7H5BrO.C4H10O.CH2Cl2.CH4.ClH/c1-22-13-11-12-14-23(22)21-28(27,24-15-5-2-6-16-24,25-17-7-3-8-18-25)26-19-9-4-10-20-26;1-18-9-6-10-19(2)22(18)15-14-21-12-7-11-20(17-21)13-8-16-25-23(26)27-24(3,4)5;1-15-6-3-7-16(2)19(15)12-11-18-9-4-8-17(14-18)10-5-13-20;1-12-5-3-6-13(2)16(12)10-9-14-7-4-8-15(17)11-14;1-5-6-9-7(10)11-8(2,3)4;8-7-3-1-2-6(4-7)5-9;1-3-5-4-2;2-1-3;;/h2-20H,21H2,1H3;6-15,17H,16H2,1-5H3,(H,25,26);3-12,14H,13,20H2,1-2H3;3-11H,1-2H3;5H,1,6H2,2-4H3,(H,9,10);1-5H;3-4H2,1-2H3;1H2;1H4;1H/b;13-8+,15-14?;10-5+,12-11?;10-9+;;;;;;. The SMILES string of the molecule is C.C=CCNC(=O)OC(C)(C)C.CCOCC.Cc1cccc(C)c1/C=C/c1cccc(Br)c1.Cc1cccc(C)c1C=Cc1cccc(/C=C/CN)c1.Cc1cccc(C)c1C=Cc1cccc(/C=C/CNC(=O)OC(C)(C)C)c1.Cc1ccccc1CP(Br)(c1ccccc1)(c1ccccc1)c1ccccc1.Cl.ClCCl.O=Cc1cccc(Br)c1. The Labute approximate surface area is 771 Å². The fraction of sp³-hybridized carbons (Fsp3) is 0.236. The van der Waals surface area contributed by atoms with E-state index in [4.69, 9.17) is 43.1 Å². The molecular weight excluding hydrogens is 1790 g/mol. The first kappa shape index (κ1) is 109. The van der Waals surface area contributed by atoms with Gasteiger partial charge in [0.2, 0.25) is 0 Å². The summed E-state index contributed by atoms with van der Waals surface area (Å²) in [5, 5.41) is 6.59. The van der Waals surface area contributed by atoms with Crippen molar-refractivity contribution >= 4 is 171 Å². The molecule has 0 bridgehead atoms. The van der Waals surface area contributed by atoms with Crippen LogP contribution in [0, 0.1) is 48.5 Å². The Morgan fingerprint density at radius 3 is 1.02 bits per heavy atom. The molecule has 648 valence electrons. The van der Waals surface area contributed by atoms with Crippen LogP contribution in [0.5, 0.6) is 0 Å². The largest absolute Gasteiger partial charge is 0.298 e. The average Bonchev–Trinajstić information content (AvgIpc) is 0.702. The molecule has 0 saturated carbocycles. The Balaban J connectivity index is 0.000000501. The molecule has 0 aromatic heterocycles. The minimum atomic E-state index is -2.90. The van der Waals surface area contributed by atoms with Gasteiger partial charge in [-0.1, -0.05) is 221 Å². The van der Waals surface area contributed by atoms with Crippen LogP contribution in [0.1, 0.15) is 162 Å². The number of alkyl carbamates (subject to hydrolysis) is 2. The van der Waals surface area contributed by atoms with E-state index in [1.54, 1.807) is 18.2 Å². The van der Waals surface area contributed by atoms with Crippen molar-refractivity contribution in [3.05, 3.63) is 395 Å². The van der Waals surface area contributed by atoms with Crippen LogP contribution in [0.25, 0.3) is 48.6 Å². The molecule has 0 spiro atoms. The van der Waals surface area contributed by atoms with E-state index in [2.05, 4.69) is 380 Å². The van der Waals surface area contributed by atoms with Crippen LogP contribution in [0.2, 0.25) is 0 Å². The zero-order valence-corrected chi connectivity index (χ0v) is 80.7. The number of ether oxygens (including phenoxy) is 3. The Bertz CT molecular complexity index is 4920. The number of nitrogens with one attached hydrogen (secondary N) is 2. The third-order valence-electron chi connectivity index (χ3n) is 17.9. The summed E-state index contributed by atoms with van der Waals surface area (Å²) in [6, 6.07) is 93.1. The maximum atomic E-state index is 11.6. The van der Waals surface area contributed by atoms with E-state index in [1.807, 2.05) is 104 Å². The van der Waals surface area contributed by atoms with Crippen LogP contribution in [-0.2, 0) is 20.4 Å². The van der Waals surface area contributed by atoms with Crippen molar-refractivity contribution in [2.75, 3.05) is 38.2 Å². The van der Waals surface area contributed by atoms with E-state index in [0.29, 0.717) is 25.2 Å². The third kappa shape index (κ3) is 40.4. The van der Waals surface area contributed by atoms with Crippen molar-refractivity contribution in [2.45, 2.75) is 129 Å². The quantitative estimate of drug-likeness (QED) is 0.0215. The average molecular weight is 1920 g/mol. The van der Waals surface area contributed by atoms with E-state index in [1.165, 1.54) is 93.8 Å². The molecule has 0 aliphatic carbocycles. The van der Waals surface area contributed by atoms with E-state index in [9.17, 15) is 14.4 Å². The van der Waals surface area contributed by atoms with Gasteiger partial charge < -0.3 is 30.6 Å². The van der Waals surface area contributed by atoms with Crippen LogP contribution in [-0.4, -0.2) is 67.9 Å². The number of aryl methyl sites for hydroxylation is 7. The Morgan fingerprint density at radius 2 is 0.713 bits per heavy atom. The number of benzene rings is 11. The van der Waals surface area contributed by atoms with Crippen LogP contribution >= 0.6 is 88.3 Å². The van der Waals surface area contributed by atoms with Crippen molar-refractivity contribution in [3.8, 4) is 0 Å². The summed E-state index contributed by atoms with van der Waals surface area (Å²) in [4.78, 5) is 32.6. The topological polar surface area (TPSA) is 129 Å². The first-order valence-corrected chi connectivity index (χ1v) is 47.1. The summed E-state index contributed by atoms with van der Waals surface area (Å²) >= 11 is 20.8. The van der Waals surface area contributed by atoms with Crippen LogP contribution in [0.3, 0.4) is 0 Å². The number of amides is 2. The number of alkyl halides is 2. The summed E-state index contributed by atoms with van der Waals surface area (Å²) in [6.45, 7) is 36.6. The minimum absolute atomic E-state index is 0. The zero-order valence-electron chi connectivity index (χ0n) is 72.8. The molecule has 16 heteroatoms. The van der Waals surface area contributed by atoms with Gasteiger partial charge in [0.1, 0.15) is 17.5 Å². The summed E-state index contributed by atoms with van der Waals surface area (Å²) in [5.41, 5.74) is 25.5. The van der Waals surface area contributed by atoms with E-state index in [-0.39, 0.29) is 25.2 Å². The van der Waals surface area contributed by atoms with E-state index < -0.39 is 28.7 Å². The molecule has 9 nitrogen and oxygen atoms in total. The summed E-state index contributed by atoms with van der Waals surface area (Å²) < 4.78 is 17.0. The molecule has 0 aliphatic rings. The van der Waals surface area contributed by atoms with Gasteiger partial charge in [0.05, 0.1) is 5.34 Å².